The van der Waals surface area contributed by atoms with Gasteiger partial charge >= 0.3 is 0 Å². The van der Waals surface area contributed by atoms with Gasteiger partial charge in [0.1, 0.15) is 5.69 Å². The Morgan fingerprint density at radius 2 is 2.00 bits per heavy atom. The van der Waals surface area contributed by atoms with E-state index in [2.05, 4.69) is 30.9 Å². The predicted octanol–water partition coefficient (Wildman–Crippen LogP) is 2.09. The van der Waals surface area contributed by atoms with Crippen molar-refractivity contribution >= 4 is 23.2 Å². The molecule has 7 nitrogen and oxygen atoms in total. The van der Waals surface area contributed by atoms with Gasteiger partial charge < -0.3 is 5.32 Å². The standard InChI is InChI=1S/C14H11ClN6O/c15-10-3-6-12(16-8-10)14(22)17-11-4-1-9(2-5-11)7-13-18-20-21-19-13/h1-6,8H,7H2,(H,17,22)(H,18,19,20,21). The molecule has 0 unspecified atom stereocenters. The van der Waals surface area contributed by atoms with E-state index < -0.39 is 0 Å². The highest BCUT2D eigenvalue weighted by Crippen LogP contribution is 2.13. The molecule has 0 aliphatic carbocycles. The average molecular weight is 315 g/mol. The summed E-state index contributed by atoms with van der Waals surface area (Å²) in [6.07, 6.45) is 2.01. The SMILES string of the molecule is O=C(Nc1ccc(Cc2nn[nH]n2)cc1)c1ccc(Cl)cn1. The molecule has 8 heteroatoms. The number of halogens is 1. The number of nitrogens with one attached hydrogen (secondary N) is 2. The molecule has 0 saturated heterocycles. The minimum absolute atomic E-state index is 0.289. The third-order valence-electron chi connectivity index (χ3n) is 2.92. The number of rotatable bonds is 4. The fraction of sp³-hybridized carbons (Fsp3) is 0.0714. The number of aromatic nitrogens is 5. The van der Waals surface area contributed by atoms with E-state index in [9.17, 15) is 4.79 Å². The van der Waals surface area contributed by atoms with Crippen molar-refractivity contribution in [3.05, 3.63) is 64.7 Å². The Balaban J connectivity index is 1.65. The van der Waals surface area contributed by atoms with E-state index in [1.807, 2.05) is 24.3 Å². The zero-order valence-electron chi connectivity index (χ0n) is 11.3. The minimum atomic E-state index is -0.289. The van der Waals surface area contributed by atoms with Gasteiger partial charge in [0.15, 0.2) is 5.82 Å². The van der Waals surface area contributed by atoms with Crippen molar-refractivity contribution in [2.75, 3.05) is 5.32 Å². The molecule has 2 N–H and O–H groups in total. The fourth-order valence-electron chi connectivity index (χ4n) is 1.85. The van der Waals surface area contributed by atoms with Gasteiger partial charge in [-0.2, -0.15) is 5.21 Å². The molecule has 0 atom stereocenters. The van der Waals surface area contributed by atoms with Crippen LogP contribution < -0.4 is 5.32 Å². The molecule has 1 aromatic carbocycles. The van der Waals surface area contributed by atoms with Crippen molar-refractivity contribution in [2.24, 2.45) is 0 Å². The Hall–Kier alpha value is -2.80. The summed E-state index contributed by atoms with van der Waals surface area (Å²) in [6.45, 7) is 0. The largest absolute Gasteiger partial charge is 0.321 e. The Kier molecular flexibility index (Phi) is 4.06. The molecular weight excluding hydrogens is 304 g/mol. The van der Waals surface area contributed by atoms with Crippen LogP contribution in [-0.4, -0.2) is 31.5 Å². The summed E-state index contributed by atoms with van der Waals surface area (Å²) in [5, 5.41) is 17.0. The highest BCUT2D eigenvalue weighted by atomic mass is 35.5. The Morgan fingerprint density at radius 3 is 2.64 bits per heavy atom. The molecule has 2 heterocycles. The number of tetrazole rings is 1. The topological polar surface area (TPSA) is 96.5 Å². The summed E-state index contributed by atoms with van der Waals surface area (Å²) in [5.41, 5.74) is 2.00. The third kappa shape index (κ3) is 3.44. The molecule has 22 heavy (non-hydrogen) atoms. The lowest BCUT2D eigenvalue weighted by Crippen LogP contribution is -2.13. The Labute approximate surface area is 130 Å². The van der Waals surface area contributed by atoms with Crippen molar-refractivity contribution in [1.29, 1.82) is 0 Å². The average Bonchev–Trinajstić information content (AvgIpc) is 3.03. The highest BCUT2D eigenvalue weighted by Gasteiger charge is 2.08. The van der Waals surface area contributed by atoms with Gasteiger partial charge in [-0.05, 0) is 29.8 Å². The first-order valence-corrected chi connectivity index (χ1v) is 6.83. The van der Waals surface area contributed by atoms with Gasteiger partial charge in [0.25, 0.3) is 5.91 Å². The van der Waals surface area contributed by atoms with Gasteiger partial charge in [-0.3, -0.25) is 4.79 Å². The lowest BCUT2D eigenvalue weighted by atomic mass is 10.1. The van der Waals surface area contributed by atoms with Gasteiger partial charge in [-0.1, -0.05) is 28.9 Å². The number of benzene rings is 1. The number of hydrogen-bond donors (Lipinski definition) is 2. The molecule has 0 saturated carbocycles. The number of H-pyrrole nitrogens is 1. The van der Waals surface area contributed by atoms with Gasteiger partial charge in [-0.15, -0.1) is 10.2 Å². The molecule has 0 fully saturated rings. The number of hydrogen-bond acceptors (Lipinski definition) is 5. The second-order valence-corrected chi connectivity index (χ2v) is 4.95. The zero-order valence-corrected chi connectivity index (χ0v) is 12.1. The summed E-state index contributed by atoms with van der Waals surface area (Å²) in [6, 6.07) is 10.6. The zero-order chi connectivity index (χ0) is 15.4. The molecule has 3 aromatic rings. The quantitative estimate of drug-likeness (QED) is 0.768. The normalized spacial score (nSPS) is 10.4. The van der Waals surface area contributed by atoms with E-state index >= 15 is 0 Å². The van der Waals surface area contributed by atoms with Crippen LogP contribution in [0.2, 0.25) is 5.02 Å². The molecular formula is C14H11ClN6O. The first-order valence-electron chi connectivity index (χ1n) is 6.45. The second-order valence-electron chi connectivity index (χ2n) is 4.52. The fourth-order valence-corrected chi connectivity index (χ4v) is 1.96. The van der Waals surface area contributed by atoms with E-state index in [0.29, 0.717) is 28.6 Å². The van der Waals surface area contributed by atoms with Gasteiger partial charge in [0.2, 0.25) is 0 Å². The smallest absolute Gasteiger partial charge is 0.274 e. The van der Waals surface area contributed by atoms with Crippen LogP contribution in [0.25, 0.3) is 0 Å². The van der Waals surface area contributed by atoms with Crippen molar-refractivity contribution in [1.82, 2.24) is 25.6 Å². The molecule has 0 radical (unpaired) electrons. The molecule has 2 aromatic heterocycles. The number of aromatic amines is 1. The van der Waals surface area contributed by atoms with Crippen LogP contribution in [0.3, 0.4) is 0 Å². The predicted molar refractivity (Wildman–Crippen MR) is 80.6 cm³/mol. The Bertz CT molecular complexity index is 755. The van der Waals surface area contributed by atoms with Crippen molar-refractivity contribution in [3.63, 3.8) is 0 Å². The number of anilines is 1. The number of amides is 1. The monoisotopic (exact) mass is 314 g/mol. The number of carbonyl (C=O) groups excluding carboxylic acids is 1. The van der Waals surface area contributed by atoms with E-state index in [-0.39, 0.29) is 5.91 Å². The lowest BCUT2D eigenvalue weighted by Gasteiger charge is -2.05. The summed E-state index contributed by atoms with van der Waals surface area (Å²) < 4.78 is 0. The third-order valence-corrected chi connectivity index (χ3v) is 3.15. The van der Waals surface area contributed by atoms with Gasteiger partial charge in [-0.25, -0.2) is 4.98 Å². The maximum atomic E-state index is 12.0. The van der Waals surface area contributed by atoms with Crippen molar-refractivity contribution in [3.8, 4) is 0 Å². The highest BCUT2D eigenvalue weighted by molar-refractivity contribution is 6.30. The number of pyridine rings is 1. The summed E-state index contributed by atoms with van der Waals surface area (Å²) in [7, 11) is 0. The van der Waals surface area contributed by atoms with Crippen LogP contribution in [0.4, 0.5) is 5.69 Å². The Morgan fingerprint density at radius 1 is 1.18 bits per heavy atom. The molecule has 0 aliphatic heterocycles. The van der Waals surface area contributed by atoms with Gasteiger partial charge in [0, 0.05) is 18.3 Å². The first kappa shape index (κ1) is 14.2. The molecule has 0 bridgehead atoms. The summed E-state index contributed by atoms with van der Waals surface area (Å²) in [5.74, 6) is 0.324. The molecule has 0 spiro atoms. The molecule has 3 rings (SSSR count). The maximum Gasteiger partial charge on any atom is 0.274 e. The molecule has 110 valence electrons. The van der Waals surface area contributed by atoms with Crippen LogP contribution in [0.1, 0.15) is 21.9 Å². The van der Waals surface area contributed by atoms with Gasteiger partial charge in [0.05, 0.1) is 5.02 Å². The summed E-state index contributed by atoms with van der Waals surface area (Å²) >= 11 is 5.74. The van der Waals surface area contributed by atoms with Crippen LogP contribution in [-0.2, 0) is 6.42 Å². The second kappa shape index (κ2) is 6.31. The van der Waals surface area contributed by atoms with Crippen molar-refractivity contribution in [2.45, 2.75) is 6.42 Å². The van der Waals surface area contributed by atoms with E-state index in [1.54, 1.807) is 12.1 Å². The van der Waals surface area contributed by atoms with Crippen LogP contribution in [0.15, 0.2) is 42.6 Å². The number of carbonyl (C=O) groups is 1. The maximum absolute atomic E-state index is 12.0. The van der Waals surface area contributed by atoms with Crippen LogP contribution >= 0.6 is 11.6 Å². The molecule has 1 amide bonds. The lowest BCUT2D eigenvalue weighted by molar-refractivity contribution is 0.102. The van der Waals surface area contributed by atoms with Crippen molar-refractivity contribution < 1.29 is 4.79 Å². The van der Waals surface area contributed by atoms with E-state index in [4.69, 9.17) is 11.6 Å². The minimum Gasteiger partial charge on any atom is -0.321 e. The summed E-state index contributed by atoms with van der Waals surface area (Å²) in [4.78, 5) is 16.0. The van der Waals surface area contributed by atoms with E-state index in [0.717, 1.165) is 5.56 Å². The number of nitrogens with zero attached hydrogens (tertiary/aromatic N) is 4. The molecule has 0 aliphatic rings. The van der Waals surface area contributed by atoms with Crippen LogP contribution in [0.5, 0.6) is 0 Å². The van der Waals surface area contributed by atoms with E-state index in [1.165, 1.54) is 6.20 Å². The van der Waals surface area contributed by atoms with Crippen LogP contribution in [0, 0.1) is 0 Å². The first-order chi connectivity index (χ1) is 10.7.